The SMILES string of the molecule is Cc1ccc(OCCOc2ccc(-c3cnc(C)c(CC(=O)O)c3N3CCC(C)(C)CC3)cn2)cc1F. The molecule has 37 heavy (non-hydrogen) atoms. The predicted octanol–water partition coefficient (Wildman–Crippen LogP) is 5.61. The Morgan fingerprint density at radius 1 is 1.05 bits per heavy atom. The number of ether oxygens (including phenoxy) is 2. The van der Waals surface area contributed by atoms with E-state index in [2.05, 4.69) is 28.7 Å². The third-order valence-electron chi connectivity index (χ3n) is 6.92. The van der Waals surface area contributed by atoms with Crippen molar-refractivity contribution in [3.8, 4) is 22.8 Å². The van der Waals surface area contributed by atoms with Crippen LogP contribution in [0, 0.1) is 25.1 Å². The molecule has 7 nitrogen and oxygen atoms in total. The smallest absolute Gasteiger partial charge is 0.307 e. The summed E-state index contributed by atoms with van der Waals surface area (Å²) in [5.41, 5.74) is 4.95. The van der Waals surface area contributed by atoms with Crippen molar-refractivity contribution in [2.45, 2.75) is 47.0 Å². The van der Waals surface area contributed by atoms with E-state index >= 15 is 0 Å². The fraction of sp³-hybridized carbons (Fsp3) is 0.414. The molecule has 3 aromatic rings. The molecule has 0 aliphatic carbocycles. The van der Waals surface area contributed by atoms with Crippen LogP contribution in [-0.2, 0) is 11.2 Å². The fourth-order valence-corrected chi connectivity index (χ4v) is 4.50. The number of carboxylic acid groups (broad SMARTS) is 1. The molecule has 1 N–H and O–H groups in total. The van der Waals surface area contributed by atoms with E-state index in [0.29, 0.717) is 17.2 Å². The van der Waals surface area contributed by atoms with Gasteiger partial charge in [0.25, 0.3) is 0 Å². The zero-order chi connectivity index (χ0) is 26.6. The van der Waals surface area contributed by atoms with Crippen LogP contribution in [0.5, 0.6) is 11.6 Å². The molecule has 0 saturated carbocycles. The monoisotopic (exact) mass is 507 g/mol. The first-order chi connectivity index (χ1) is 17.6. The fourth-order valence-electron chi connectivity index (χ4n) is 4.50. The summed E-state index contributed by atoms with van der Waals surface area (Å²) in [5, 5.41) is 9.59. The standard InChI is InChI=1S/C29H34FN3O4/c1-19-5-7-22(15-25(19)30)36-13-14-37-26-8-6-21(17-32-26)24-18-31-20(2)23(16-27(34)35)28(24)33-11-9-29(3,4)10-12-33/h5-8,15,17-18H,9-14,16H2,1-4H3,(H,34,35). The first-order valence-corrected chi connectivity index (χ1v) is 12.6. The summed E-state index contributed by atoms with van der Waals surface area (Å²) in [7, 11) is 0. The minimum atomic E-state index is -0.877. The van der Waals surface area contributed by atoms with Gasteiger partial charge in [0.05, 0.1) is 12.1 Å². The van der Waals surface area contributed by atoms with E-state index < -0.39 is 5.97 Å². The van der Waals surface area contributed by atoms with Crippen molar-refractivity contribution >= 4 is 11.7 Å². The molecule has 0 bridgehead atoms. The zero-order valence-corrected chi connectivity index (χ0v) is 21.9. The van der Waals surface area contributed by atoms with Gasteiger partial charge in [0.15, 0.2) is 0 Å². The Labute approximate surface area is 217 Å². The number of halogens is 1. The maximum atomic E-state index is 13.7. The van der Waals surface area contributed by atoms with Gasteiger partial charge in [-0.25, -0.2) is 9.37 Å². The molecule has 1 saturated heterocycles. The first kappa shape index (κ1) is 26.4. The molecule has 0 amide bonds. The van der Waals surface area contributed by atoms with Gasteiger partial charge < -0.3 is 19.5 Å². The second-order valence-electron chi connectivity index (χ2n) is 10.3. The van der Waals surface area contributed by atoms with E-state index in [1.807, 2.05) is 19.2 Å². The second kappa shape index (κ2) is 11.2. The van der Waals surface area contributed by atoms with Crippen molar-refractivity contribution in [3.63, 3.8) is 0 Å². The maximum absolute atomic E-state index is 13.7. The molecule has 1 aliphatic heterocycles. The van der Waals surface area contributed by atoms with Gasteiger partial charge in [-0.3, -0.25) is 9.78 Å². The van der Waals surface area contributed by atoms with Crippen LogP contribution in [0.1, 0.15) is 43.5 Å². The lowest BCUT2D eigenvalue weighted by molar-refractivity contribution is -0.136. The van der Waals surface area contributed by atoms with Crippen molar-refractivity contribution in [3.05, 3.63) is 65.4 Å². The van der Waals surface area contributed by atoms with Crippen LogP contribution in [0.3, 0.4) is 0 Å². The lowest BCUT2D eigenvalue weighted by atomic mass is 9.82. The summed E-state index contributed by atoms with van der Waals surface area (Å²) in [5.74, 6) is -0.291. The molecule has 0 unspecified atom stereocenters. The number of anilines is 1. The number of hydrogen-bond acceptors (Lipinski definition) is 6. The Hall–Kier alpha value is -3.68. The Bertz CT molecular complexity index is 1250. The highest BCUT2D eigenvalue weighted by Crippen LogP contribution is 2.39. The van der Waals surface area contributed by atoms with Crippen molar-refractivity contribution in [2.24, 2.45) is 5.41 Å². The zero-order valence-electron chi connectivity index (χ0n) is 21.9. The lowest BCUT2D eigenvalue weighted by Gasteiger charge is -2.40. The minimum Gasteiger partial charge on any atom is -0.490 e. The van der Waals surface area contributed by atoms with Crippen molar-refractivity contribution in [1.29, 1.82) is 0 Å². The van der Waals surface area contributed by atoms with Crippen LogP contribution in [0.15, 0.2) is 42.7 Å². The Morgan fingerprint density at radius 3 is 2.43 bits per heavy atom. The van der Waals surface area contributed by atoms with Gasteiger partial charge in [0.1, 0.15) is 24.8 Å². The van der Waals surface area contributed by atoms with E-state index in [0.717, 1.165) is 54.0 Å². The molecule has 0 atom stereocenters. The van der Waals surface area contributed by atoms with Gasteiger partial charge in [0, 0.05) is 60.0 Å². The van der Waals surface area contributed by atoms with Gasteiger partial charge >= 0.3 is 5.97 Å². The van der Waals surface area contributed by atoms with E-state index in [1.165, 1.54) is 6.07 Å². The van der Waals surface area contributed by atoms with Crippen molar-refractivity contribution < 1.29 is 23.8 Å². The molecule has 2 aromatic heterocycles. The lowest BCUT2D eigenvalue weighted by Crippen LogP contribution is -2.38. The van der Waals surface area contributed by atoms with Crippen molar-refractivity contribution in [1.82, 2.24) is 9.97 Å². The summed E-state index contributed by atoms with van der Waals surface area (Å²) in [4.78, 5) is 23.0. The van der Waals surface area contributed by atoms with Crippen LogP contribution >= 0.6 is 0 Å². The number of rotatable bonds is 9. The van der Waals surface area contributed by atoms with Gasteiger partial charge in [-0.05, 0) is 49.8 Å². The predicted molar refractivity (Wildman–Crippen MR) is 141 cm³/mol. The summed E-state index contributed by atoms with van der Waals surface area (Å²) in [6, 6.07) is 8.44. The summed E-state index contributed by atoms with van der Waals surface area (Å²) >= 11 is 0. The van der Waals surface area contributed by atoms with E-state index in [-0.39, 0.29) is 30.9 Å². The number of piperidine rings is 1. The first-order valence-electron chi connectivity index (χ1n) is 12.6. The van der Waals surface area contributed by atoms with Crippen LogP contribution in [-0.4, -0.2) is 47.3 Å². The Kier molecular flexibility index (Phi) is 7.95. The molecular formula is C29H34FN3O4. The third kappa shape index (κ3) is 6.56. The highest BCUT2D eigenvalue weighted by molar-refractivity contribution is 5.84. The molecule has 1 fully saturated rings. The number of carbonyl (C=O) groups is 1. The topological polar surface area (TPSA) is 84.8 Å². The van der Waals surface area contributed by atoms with Crippen molar-refractivity contribution in [2.75, 3.05) is 31.2 Å². The Morgan fingerprint density at radius 2 is 1.78 bits per heavy atom. The molecular weight excluding hydrogens is 473 g/mol. The quantitative estimate of drug-likeness (QED) is 0.377. The number of nitrogens with zero attached hydrogens (tertiary/aromatic N) is 3. The molecule has 1 aromatic carbocycles. The Balaban J connectivity index is 1.49. The van der Waals surface area contributed by atoms with E-state index in [1.54, 1.807) is 31.3 Å². The molecule has 8 heteroatoms. The second-order valence-corrected chi connectivity index (χ2v) is 10.3. The summed E-state index contributed by atoms with van der Waals surface area (Å²) in [6.45, 7) is 10.3. The van der Waals surface area contributed by atoms with Gasteiger partial charge in [-0.1, -0.05) is 19.9 Å². The largest absolute Gasteiger partial charge is 0.490 e. The number of hydrogen-bond donors (Lipinski definition) is 1. The van der Waals surface area contributed by atoms with Crippen LogP contribution < -0.4 is 14.4 Å². The number of aromatic nitrogens is 2. The average molecular weight is 508 g/mol. The molecule has 0 spiro atoms. The number of aryl methyl sites for hydroxylation is 2. The number of pyridine rings is 2. The summed E-state index contributed by atoms with van der Waals surface area (Å²) < 4.78 is 24.9. The third-order valence-corrected chi connectivity index (χ3v) is 6.92. The van der Waals surface area contributed by atoms with Crippen LogP contribution in [0.2, 0.25) is 0 Å². The molecule has 1 aliphatic rings. The van der Waals surface area contributed by atoms with Crippen LogP contribution in [0.4, 0.5) is 10.1 Å². The van der Waals surface area contributed by atoms with E-state index in [9.17, 15) is 14.3 Å². The maximum Gasteiger partial charge on any atom is 0.307 e. The van der Waals surface area contributed by atoms with E-state index in [4.69, 9.17) is 9.47 Å². The number of benzene rings is 1. The molecule has 0 radical (unpaired) electrons. The molecule has 4 rings (SSSR count). The highest BCUT2D eigenvalue weighted by Gasteiger charge is 2.29. The summed E-state index contributed by atoms with van der Waals surface area (Å²) in [6.07, 6.45) is 5.51. The number of aliphatic carboxylic acids is 1. The van der Waals surface area contributed by atoms with Gasteiger partial charge in [0.2, 0.25) is 5.88 Å². The number of carboxylic acids is 1. The average Bonchev–Trinajstić information content (AvgIpc) is 2.86. The molecule has 196 valence electrons. The van der Waals surface area contributed by atoms with Gasteiger partial charge in [-0.2, -0.15) is 0 Å². The van der Waals surface area contributed by atoms with Crippen LogP contribution in [0.25, 0.3) is 11.1 Å². The normalized spacial score (nSPS) is 14.9. The van der Waals surface area contributed by atoms with Gasteiger partial charge in [-0.15, -0.1) is 0 Å². The molecule has 3 heterocycles. The highest BCUT2D eigenvalue weighted by atomic mass is 19.1. The minimum absolute atomic E-state index is 0.0819.